The molecule has 0 saturated heterocycles. The number of ether oxygens (including phenoxy) is 1. The van der Waals surface area contributed by atoms with E-state index < -0.39 is 34.3 Å². The maximum Gasteiger partial charge on any atom is 0.264 e. The van der Waals surface area contributed by atoms with E-state index in [0.717, 1.165) is 30.0 Å². The monoisotopic (exact) mass is 615 g/mol. The Kier molecular flexibility index (Phi) is 10.5. The van der Waals surface area contributed by atoms with Gasteiger partial charge in [0.05, 0.1) is 17.7 Å². The molecular formula is C31H35ClFN3O5S. The molecule has 8 nitrogen and oxygen atoms in total. The van der Waals surface area contributed by atoms with Crippen molar-refractivity contribution < 1.29 is 27.1 Å². The van der Waals surface area contributed by atoms with Gasteiger partial charge in [0.1, 0.15) is 24.2 Å². The molecule has 0 aliphatic heterocycles. The van der Waals surface area contributed by atoms with Gasteiger partial charge in [0.15, 0.2) is 0 Å². The Bertz CT molecular complexity index is 1480. The lowest BCUT2D eigenvalue weighted by molar-refractivity contribution is -0.140. The third kappa shape index (κ3) is 7.41. The van der Waals surface area contributed by atoms with E-state index in [1.165, 1.54) is 60.5 Å². The lowest BCUT2D eigenvalue weighted by Crippen LogP contribution is -2.53. The van der Waals surface area contributed by atoms with Crippen molar-refractivity contribution in [3.63, 3.8) is 0 Å². The first-order valence-electron chi connectivity index (χ1n) is 13.9. The fraction of sp³-hybridized carbons (Fsp3) is 0.355. The summed E-state index contributed by atoms with van der Waals surface area (Å²) < 4.78 is 48.1. The van der Waals surface area contributed by atoms with Crippen molar-refractivity contribution in [3.05, 3.63) is 89.2 Å². The van der Waals surface area contributed by atoms with Gasteiger partial charge in [-0.1, -0.05) is 61.7 Å². The van der Waals surface area contributed by atoms with Crippen molar-refractivity contribution in [2.45, 2.75) is 62.6 Å². The Hall–Kier alpha value is -3.63. The maximum atomic E-state index is 14.2. The normalized spacial score (nSPS) is 14.3. The van der Waals surface area contributed by atoms with Crippen molar-refractivity contribution >= 4 is 39.1 Å². The smallest absolute Gasteiger partial charge is 0.264 e. The fourth-order valence-electron chi connectivity index (χ4n) is 5.16. The van der Waals surface area contributed by atoms with E-state index in [-0.39, 0.29) is 46.3 Å². The molecule has 3 aromatic carbocycles. The summed E-state index contributed by atoms with van der Waals surface area (Å²) in [5.74, 6) is -1.16. The molecule has 1 aliphatic rings. The minimum absolute atomic E-state index is 0.0262. The summed E-state index contributed by atoms with van der Waals surface area (Å²) in [7, 11) is -2.89. The SMILES string of the molecule is CC[C@H](C(=O)NC1CCCC1)N(Cc1ccc(F)cc1)C(=O)CN(c1cc(Cl)ccc1OC)S(=O)(=O)c1ccccc1. The molecule has 42 heavy (non-hydrogen) atoms. The number of anilines is 1. The Balaban J connectivity index is 1.75. The molecule has 4 rings (SSSR count). The van der Waals surface area contributed by atoms with Crippen molar-refractivity contribution in [2.75, 3.05) is 18.0 Å². The number of methoxy groups -OCH3 is 1. The molecule has 0 radical (unpaired) electrons. The van der Waals surface area contributed by atoms with E-state index in [1.807, 2.05) is 0 Å². The molecule has 1 aliphatic carbocycles. The first-order chi connectivity index (χ1) is 20.1. The highest BCUT2D eigenvalue weighted by molar-refractivity contribution is 7.92. The molecule has 3 aromatic rings. The molecule has 11 heteroatoms. The first-order valence-corrected chi connectivity index (χ1v) is 15.7. The summed E-state index contributed by atoms with van der Waals surface area (Å²) in [5, 5.41) is 3.31. The summed E-state index contributed by atoms with van der Waals surface area (Å²) in [5.41, 5.74) is 0.669. The minimum atomic E-state index is -4.28. The van der Waals surface area contributed by atoms with Gasteiger partial charge in [0.25, 0.3) is 10.0 Å². The van der Waals surface area contributed by atoms with Crippen LogP contribution in [0.1, 0.15) is 44.6 Å². The zero-order valence-electron chi connectivity index (χ0n) is 23.6. The molecule has 2 amide bonds. The summed E-state index contributed by atoms with van der Waals surface area (Å²) >= 11 is 6.27. The number of rotatable bonds is 12. The predicted molar refractivity (Wildman–Crippen MR) is 160 cm³/mol. The van der Waals surface area contributed by atoms with E-state index in [9.17, 15) is 22.4 Å². The second-order valence-electron chi connectivity index (χ2n) is 10.2. The van der Waals surface area contributed by atoms with E-state index in [1.54, 1.807) is 31.2 Å². The maximum absolute atomic E-state index is 14.2. The molecule has 0 bridgehead atoms. The number of nitrogens with zero attached hydrogens (tertiary/aromatic N) is 2. The van der Waals surface area contributed by atoms with Crippen LogP contribution in [0.25, 0.3) is 0 Å². The first kappa shape index (κ1) is 31.3. The van der Waals surface area contributed by atoms with Gasteiger partial charge in [-0.3, -0.25) is 13.9 Å². The summed E-state index contributed by atoms with van der Waals surface area (Å²) in [6, 6.07) is 17.0. The summed E-state index contributed by atoms with van der Waals surface area (Å²) in [4.78, 5) is 29.0. The zero-order chi connectivity index (χ0) is 30.3. The van der Waals surface area contributed by atoms with Gasteiger partial charge in [-0.15, -0.1) is 0 Å². The zero-order valence-corrected chi connectivity index (χ0v) is 25.2. The van der Waals surface area contributed by atoms with Crippen LogP contribution in [-0.4, -0.2) is 50.9 Å². The van der Waals surface area contributed by atoms with Crippen LogP contribution in [-0.2, 0) is 26.2 Å². The van der Waals surface area contributed by atoms with Crippen LogP contribution in [0.15, 0.2) is 77.7 Å². The van der Waals surface area contributed by atoms with Crippen LogP contribution in [0.4, 0.5) is 10.1 Å². The molecule has 1 fully saturated rings. The molecule has 1 atom stereocenters. The number of carbonyl (C=O) groups excluding carboxylic acids is 2. The molecule has 0 unspecified atom stereocenters. The highest BCUT2D eigenvalue weighted by atomic mass is 35.5. The van der Waals surface area contributed by atoms with E-state index in [2.05, 4.69) is 5.32 Å². The number of hydrogen-bond acceptors (Lipinski definition) is 5. The third-order valence-corrected chi connectivity index (χ3v) is 9.38. The number of nitrogens with one attached hydrogen (secondary N) is 1. The van der Waals surface area contributed by atoms with Gasteiger partial charge in [0, 0.05) is 17.6 Å². The summed E-state index contributed by atoms with van der Waals surface area (Å²) in [6.45, 7) is 1.13. The number of halogens is 2. The average molecular weight is 616 g/mol. The number of carbonyl (C=O) groups is 2. The quantitative estimate of drug-likeness (QED) is 0.288. The lowest BCUT2D eigenvalue weighted by atomic mass is 10.1. The van der Waals surface area contributed by atoms with Crippen molar-refractivity contribution in [1.29, 1.82) is 0 Å². The van der Waals surface area contributed by atoms with Gasteiger partial charge in [-0.2, -0.15) is 0 Å². The number of hydrogen-bond donors (Lipinski definition) is 1. The fourth-order valence-corrected chi connectivity index (χ4v) is 6.77. The van der Waals surface area contributed by atoms with Crippen LogP contribution < -0.4 is 14.4 Å². The van der Waals surface area contributed by atoms with E-state index in [0.29, 0.717) is 5.56 Å². The minimum Gasteiger partial charge on any atom is -0.495 e. The summed E-state index contributed by atoms with van der Waals surface area (Å²) in [6.07, 6.45) is 4.07. The molecule has 0 spiro atoms. The number of amides is 2. The largest absolute Gasteiger partial charge is 0.495 e. The van der Waals surface area contributed by atoms with Crippen LogP contribution in [0, 0.1) is 5.82 Å². The van der Waals surface area contributed by atoms with Gasteiger partial charge in [-0.05, 0) is 67.3 Å². The van der Waals surface area contributed by atoms with Crippen LogP contribution in [0.5, 0.6) is 5.75 Å². The van der Waals surface area contributed by atoms with Crippen LogP contribution in [0.3, 0.4) is 0 Å². The van der Waals surface area contributed by atoms with Crippen molar-refractivity contribution in [2.24, 2.45) is 0 Å². The number of sulfonamides is 1. The average Bonchev–Trinajstić information content (AvgIpc) is 3.50. The Morgan fingerprint density at radius 1 is 1.05 bits per heavy atom. The highest BCUT2D eigenvalue weighted by Crippen LogP contribution is 2.35. The Morgan fingerprint density at radius 2 is 1.71 bits per heavy atom. The molecule has 224 valence electrons. The van der Waals surface area contributed by atoms with Gasteiger partial charge in [0.2, 0.25) is 11.8 Å². The van der Waals surface area contributed by atoms with Gasteiger partial charge < -0.3 is 15.0 Å². The second-order valence-corrected chi connectivity index (χ2v) is 12.5. The highest BCUT2D eigenvalue weighted by Gasteiger charge is 2.35. The predicted octanol–water partition coefficient (Wildman–Crippen LogP) is 5.55. The second kappa shape index (κ2) is 14.0. The standard InChI is InChI=1S/C31H35ClFN3O5S/c1-3-27(31(38)34-25-9-7-8-10-25)35(20-22-13-16-24(33)17-14-22)30(37)21-36(28-19-23(32)15-18-29(28)41-2)42(39,40)26-11-5-4-6-12-26/h4-6,11-19,25,27H,3,7-10,20-21H2,1-2H3,(H,34,38)/t27-/m1/s1. The van der Waals surface area contributed by atoms with E-state index in [4.69, 9.17) is 16.3 Å². The van der Waals surface area contributed by atoms with Gasteiger partial charge >= 0.3 is 0 Å². The molecule has 0 aromatic heterocycles. The van der Waals surface area contributed by atoms with Crippen molar-refractivity contribution in [1.82, 2.24) is 10.2 Å². The Morgan fingerprint density at radius 3 is 2.33 bits per heavy atom. The van der Waals surface area contributed by atoms with Crippen LogP contribution >= 0.6 is 11.6 Å². The van der Waals surface area contributed by atoms with Crippen molar-refractivity contribution in [3.8, 4) is 5.75 Å². The molecule has 1 saturated carbocycles. The lowest BCUT2D eigenvalue weighted by Gasteiger charge is -2.34. The topological polar surface area (TPSA) is 96.0 Å². The number of benzene rings is 3. The third-order valence-electron chi connectivity index (χ3n) is 7.37. The van der Waals surface area contributed by atoms with Gasteiger partial charge in [-0.25, -0.2) is 12.8 Å². The van der Waals surface area contributed by atoms with Crippen LogP contribution in [0.2, 0.25) is 5.02 Å². The van der Waals surface area contributed by atoms with E-state index >= 15 is 0 Å². The molecule has 1 N–H and O–H groups in total. The molecule has 0 heterocycles. The Labute approximate surface area is 251 Å². The molecular weight excluding hydrogens is 581 g/mol.